The van der Waals surface area contributed by atoms with Crippen molar-refractivity contribution in [2.45, 2.75) is 18.2 Å². The van der Waals surface area contributed by atoms with Gasteiger partial charge in [0.15, 0.2) is 15.8 Å². The van der Waals surface area contributed by atoms with Crippen LogP contribution in [0.5, 0.6) is 11.5 Å². The Morgan fingerprint density at radius 3 is 2.44 bits per heavy atom. The number of nitrogens with zero attached hydrogens (tertiary/aromatic N) is 3. The van der Waals surface area contributed by atoms with Gasteiger partial charge in [0.25, 0.3) is 11.6 Å². The number of hydrogen-bond donors (Lipinski definition) is 1. The summed E-state index contributed by atoms with van der Waals surface area (Å²) < 4.78 is 11.8. The molecule has 0 aliphatic rings. The molecule has 34 heavy (non-hydrogen) atoms. The van der Waals surface area contributed by atoms with Gasteiger partial charge in [-0.3, -0.25) is 19.7 Å². The quantitative estimate of drug-likeness (QED) is 0.244. The minimum Gasteiger partial charge on any atom is -0.493 e. The predicted molar refractivity (Wildman–Crippen MR) is 132 cm³/mol. The molecule has 10 nitrogen and oxygen atoms in total. The first-order valence-corrected chi connectivity index (χ1v) is 12.1. The van der Waals surface area contributed by atoms with E-state index < -0.39 is 16.5 Å². The van der Waals surface area contributed by atoms with Gasteiger partial charge in [-0.2, -0.15) is 0 Å². The molecule has 0 saturated carbocycles. The lowest BCUT2D eigenvalue weighted by molar-refractivity contribution is -0.385. The monoisotopic (exact) mass is 504 g/mol. The third-order valence-corrected chi connectivity index (χ3v) is 7.15. The van der Waals surface area contributed by atoms with Crippen LogP contribution in [0.4, 0.5) is 11.4 Å². The van der Waals surface area contributed by atoms with Crippen molar-refractivity contribution in [3.8, 4) is 11.5 Å². The lowest BCUT2D eigenvalue weighted by atomic mass is 10.1. The van der Waals surface area contributed by atoms with E-state index in [0.717, 1.165) is 20.6 Å². The first kappa shape index (κ1) is 25.2. The summed E-state index contributed by atoms with van der Waals surface area (Å²) in [5, 5.41) is 14.2. The number of carbonyl (C=O) groups is 2. The van der Waals surface area contributed by atoms with Gasteiger partial charge in [0.05, 0.1) is 41.2 Å². The van der Waals surface area contributed by atoms with E-state index in [1.165, 1.54) is 43.4 Å². The normalized spacial score (nSPS) is 10.7. The number of fused-ring (bicyclic) bond motifs is 1. The standard InChI is InChI=1S/C22H24N4O6S2/c1-5-25(6-2)20(27)12-33-22-24-15-8-7-13(9-19(15)34-22)23-21(28)14-10-17(31-3)18(32-4)11-16(14)26(29)30/h7-11H,5-6,12H2,1-4H3,(H,23,28). The largest absolute Gasteiger partial charge is 0.493 e. The Morgan fingerprint density at radius 2 is 1.82 bits per heavy atom. The Labute approximate surface area is 204 Å². The fourth-order valence-corrected chi connectivity index (χ4v) is 5.24. The number of thiazole rings is 1. The second-order valence-electron chi connectivity index (χ2n) is 6.95. The predicted octanol–water partition coefficient (Wildman–Crippen LogP) is 4.43. The highest BCUT2D eigenvalue weighted by atomic mass is 32.2. The van der Waals surface area contributed by atoms with E-state index in [1.807, 2.05) is 13.8 Å². The molecule has 0 fully saturated rings. The van der Waals surface area contributed by atoms with Crippen LogP contribution >= 0.6 is 23.1 Å². The zero-order chi connectivity index (χ0) is 24.8. The summed E-state index contributed by atoms with van der Waals surface area (Å²) in [6.07, 6.45) is 0. The van der Waals surface area contributed by atoms with Crippen molar-refractivity contribution in [3.05, 3.63) is 46.0 Å². The van der Waals surface area contributed by atoms with Gasteiger partial charge in [0.1, 0.15) is 5.56 Å². The van der Waals surface area contributed by atoms with Gasteiger partial charge >= 0.3 is 0 Å². The zero-order valence-corrected chi connectivity index (χ0v) is 20.7. The third kappa shape index (κ3) is 5.57. The van der Waals surface area contributed by atoms with Gasteiger partial charge in [-0.15, -0.1) is 11.3 Å². The number of carbonyl (C=O) groups excluding carboxylic acids is 2. The minimum absolute atomic E-state index is 0.0544. The molecule has 0 spiro atoms. The summed E-state index contributed by atoms with van der Waals surface area (Å²) in [5.41, 5.74) is 0.641. The molecule has 0 aliphatic heterocycles. The van der Waals surface area contributed by atoms with E-state index in [4.69, 9.17) is 9.47 Å². The van der Waals surface area contributed by atoms with Crippen molar-refractivity contribution in [2.75, 3.05) is 38.4 Å². The van der Waals surface area contributed by atoms with Gasteiger partial charge in [-0.1, -0.05) is 11.8 Å². The lowest BCUT2D eigenvalue weighted by Gasteiger charge is -2.17. The Bertz CT molecular complexity index is 1230. The number of rotatable bonds is 10. The second kappa shape index (κ2) is 11.2. The molecule has 0 bridgehead atoms. The SMILES string of the molecule is CCN(CC)C(=O)CSc1nc2ccc(NC(=O)c3cc(OC)c(OC)cc3[N+](=O)[O-])cc2s1. The van der Waals surface area contributed by atoms with Gasteiger partial charge < -0.3 is 19.7 Å². The highest BCUT2D eigenvalue weighted by Gasteiger charge is 2.25. The number of ether oxygens (including phenoxy) is 2. The van der Waals surface area contributed by atoms with Crippen molar-refractivity contribution in [1.29, 1.82) is 0 Å². The number of nitrogens with one attached hydrogen (secondary N) is 1. The van der Waals surface area contributed by atoms with Crippen LogP contribution in [0, 0.1) is 10.1 Å². The van der Waals surface area contributed by atoms with E-state index in [9.17, 15) is 19.7 Å². The van der Waals surface area contributed by atoms with E-state index in [0.29, 0.717) is 24.5 Å². The number of anilines is 1. The lowest BCUT2D eigenvalue weighted by Crippen LogP contribution is -2.31. The number of hydrogen-bond acceptors (Lipinski definition) is 9. The first-order chi connectivity index (χ1) is 16.3. The molecule has 1 heterocycles. The Morgan fingerprint density at radius 1 is 1.15 bits per heavy atom. The molecule has 2 aromatic carbocycles. The minimum atomic E-state index is -0.657. The van der Waals surface area contributed by atoms with Gasteiger partial charge in [-0.25, -0.2) is 4.98 Å². The van der Waals surface area contributed by atoms with E-state index in [1.54, 1.807) is 23.1 Å². The molecule has 0 unspecified atom stereocenters. The van der Waals surface area contributed by atoms with Crippen LogP contribution in [0.1, 0.15) is 24.2 Å². The molecule has 0 saturated heterocycles. The van der Waals surface area contributed by atoms with Crippen LogP contribution in [0.3, 0.4) is 0 Å². The number of benzene rings is 2. The molecule has 2 amide bonds. The van der Waals surface area contributed by atoms with Crippen LogP contribution in [-0.4, -0.2) is 59.7 Å². The molecule has 0 radical (unpaired) electrons. The number of amides is 2. The molecular weight excluding hydrogens is 480 g/mol. The number of methoxy groups -OCH3 is 2. The van der Waals surface area contributed by atoms with E-state index in [2.05, 4.69) is 10.3 Å². The number of aromatic nitrogens is 1. The van der Waals surface area contributed by atoms with Crippen molar-refractivity contribution in [3.63, 3.8) is 0 Å². The van der Waals surface area contributed by atoms with E-state index in [-0.39, 0.29) is 23.0 Å². The summed E-state index contributed by atoms with van der Waals surface area (Å²) in [4.78, 5) is 42.3. The fourth-order valence-electron chi connectivity index (χ4n) is 3.23. The summed E-state index contributed by atoms with van der Waals surface area (Å²) >= 11 is 2.78. The number of thioether (sulfide) groups is 1. The average Bonchev–Trinajstić information content (AvgIpc) is 3.24. The highest BCUT2D eigenvalue weighted by Crippen LogP contribution is 2.35. The molecule has 12 heteroatoms. The third-order valence-electron chi connectivity index (χ3n) is 5.01. The molecule has 0 aliphatic carbocycles. The smallest absolute Gasteiger partial charge is 0.286 e. The maximum Gasteiger partial charge on any atom is 0.286 e. The molecule has 0 atom stereocenters. The van der Waals surface area contributed by atoms with Gasteiger partial charge in [-0.05, 0) is 32.0 Å². The maximum atomic E-state index is 12.9. The number of nitro groups is 1. The maximum absolute atomic E-state index is 12.9. The van der Waals surface area contributed by atoms with Gasteiger partial charge in [0.2, 0.25) is 5.91 Å². The molecule has 3 rings (SSSR count). The Kier molecular flexibility index (Phi) is 8.29. The zero-order valence-electron chi connectivity index (χ0n) is 19.1. The fraction of sp³-hybridized carbons (Fsp3) is 0.318. The van der Waals surface area contributed by atoms with Crippen molar-refractivity contribution < 1.29 is 24.0 Å². The first-order valence-electron chi connectivity index (χ1n) is 10.3. The van der Waals surface area contributed by atoms with Crippen LogP contribution in [0.2, 0.25) is 0 Å². The Hall–Kier alpha value is -3.38. The Balaban J connectivity index is 1.80. The molecule has 1 N–H and O–H groups in total. The second-order valence-corrected chi connectivity index (χ2v) is 9.21. The summed E-state index contributed by atoms with van der Waals surface area (Å²) in [6, 6.07) is 7.60. The molecule has 1 aromatic heterocycles. The highest BCUT2D eigenvalue weighted by molar-refractivity contribution is 8.01. The van der Waals surface area contributed by atoms with Crippen LogP contribution in [-0.2, 0) is 4.79 Å². The van der Waals surface area contributed by atoms with Crippen molar-refractivity contribution >= 4 is 56.5 Å². The number of nitro benzene ring substituents is 1. The average molecular weight is 505 g/mol. The van der Waals surface area contributed by atoms with Gasteiger partial charge in [0, 0.05) is 24.8 Å². The van der Waals surface area contributed by atoms with Crippen molar-refractivity contribution in [1.82, 2.24) is 9.88 Å². The summed E-state index contributed by atoms with van der Waals surface area (Å²) in [7, 11) is 2.74. The molecule has 180 valence electrons. The van der Waals surface area contributed by atoms with Crippen LogP contribution in [0.15, 0.2) is 34.7 Å². The van der Waals surface area contributed by atoms with Crippen molar-refractivity contribution in [2.24, 2.45) is 0 Å². The van der Waals surface area contributed by atoms with Crippen LogP contribution < -0.4 is 14.8 Å². The molecular formula is C22H24N4O6S2. The molecule has 3 aromatic rings. The van der Waals surface area contributed by atoms with E-state index >= 15 is 0 Å². The van der Waals surface area contributed by atoms with Crippen LogP contribution in [0.25, 0.3) is 10.2 Å². The summed E-state index contributed by atoms with van der Waals surface area (Å²) in [5.74, 6) is 0.0571. The summed E-state index contributed by atoms with van der Waals surface area (Å²) in [6.45, 7) is 5.21. The topological polar surface area (TPSA) is 124 Å².